The van der Waals surface area contributed by atoms with Crippen LogP contribution in [0.1, 0.15) is 44.9 Å². The molecule has 0 aromatic carbocycles. The van der Waals surface area contributed by atoms with E-state index in [9.17, 15) is 5.11 Å². The van der Waals surface area contributed by atoms with Crippen molar-refractivity contribution in [3.05, 3.63) is 0 Å². The minimum absolute atomic E-state index is 0.0787. The third-order valence-corrected chi connectivity index (χ3v) is 4.50. The normalized spacial score (nSPS) is 35.4. The SMILES string of the molecule is OC1CN(CC2CCC3(CCCCC3)O2)C1. The molecule has 3 fully saturated rings. The molecule has 1 spiro atoms. The molecule has 0 radical (unpaired) electrons. The number of aliphatic hydroxyl groups excluding tert-OH is 1. The molecule has 3 rings (SSSR count). The van der Waals surface area contributed by atoms with E-state index in [4.69, 9.17) is 4.74 Å². The van der Waals surface area contributed by atoms with Crippen molar-refractivity contribution in [3.8, 4) is 0 Å². The van der Waals surface area contributed by atoms with Crippen LogP contribution in [0, 0.1) is 0 Å². The molecule has 0 aromatic heterocycles. The van der Waals surface area contributed by atoms with Crippen LogP contribution < -0.4 is 0 Å². The lowest BCUT2D eigenvalue weighted by atomic mass is 9.83. The summed E-state index contributed by atoms with van der Waals surface area (Å²) in [5.74, 6) is 0. The minimum atomic E-state index is -0.0787. The van der Waals surface area contributed by atoms with Crippen molar-refractivity contribution < 1.29 is 9.84 Å². The van der Waals surface area contributed by atoms with Crippen LogP contribution in [-0.2, 0) is 4.74 Å². The summed E-state index contributed by atoms with van der Waals surface area (Å²) < 4.78 is 6.31. The van der Waals surface area contributed by atoms with Gasteiger partial charge in [-0.2, -0.15) is 0 Å². The Bertz CT molecular complexity index is 244. The number of aliphatic hydroxyl groups is 1. The topological polar surface area (TPSA) is 32.7 Å². The Morgan fingerprint density at radius 2 is 1.88 bits per heavy atom. The summed E-state index contributed by atoms with van der Waals surface area (Å²) in [5.41, 5.74) is 0.256. The van der Waals surface area contributed by atoms with Crippen molar-refractivity contribution in [1.29, 1.82) is 0 Å². The summed E-state index contributed by atoms with van der Waals surface area (Å²) in [6, 6.07) is 0. The van der Waals surface area contributed by atoms with Gasteiger partial charge < -0.3 is 9.84 Å². The Kier molecular flexibility index (Phi) is 2.94. The Hall–Kier alpha value is -0.120. The lowest BCUT2D eigenvalue weighted by Crippen LogP contribution is -2.53. The van der Waals surface area contributed by atoms with Crippen molar-refractivity contribution in [3.63, 3.8) is 0 Å². The molecular weight excluding hydrogens is 202 g/mol. The Morgan fingerprint density at radius 3 is 2.56 bits per heavy atom. The van der Waals surface area contributed by atoms with E-state index in [1.165, 1.54) is 44.9 Å². The summed E-state index contributed by atoms with van der Waals surface area (Å²) >= 11 is 0. The molecule has 92 valence electrons. The molecule has 3 heteroatoms. The number of hydrogen-bond donors (Lipinski definition) is 1. The number of β-amino-alcohol motifs (C(OH)–C–C–N with tert-alkyl or cyclic N) is 1. The number of rotatable bonds is 2. The quantitative estimate of drug-likeness (QED) is 0.774. The summed E-state index contributed by atoms with van der Waals surface area (Å²) in [6.07, 6.45) is 9.53. The summed E-state index contributed by atoms with van der Waals surface area (Å²) in [7, 11) is 0. The molecule has 3 aliphatic rings. The fourth-order valence-corrected chi connectivity index (χ4v) is 3.57. The van der Waals surface area contributed by atoms with Crippen LogP contribution in [0.5, 0.6) is 0 Å². The average Bonchev–Trinajstić information content (AvgIpc) is 2.61. The van der Waals surface area contributed by atoms with Gasteiger partial charge in [0.2, 0.25) is 0 Å². The van der Waals surface area contributed by atoms with Crippen LogP contribution in [0.3, 0.4) is 0 Å². The first kappa shape index (κ1) is 11.0. The van der Waals surface area contributed by atoms with Gasteiger partial charge in [0, 0.05) is 19.6 Å². The largest absolute Gasteiger partial charge is 0.390 e. The molecule has 16 heavy (non-hydrogen) atoms. The molecule has 1 saturated carbocycles. The van der Waals surface area contributed by atoms with Gasteiger partial charge in [0.05, 0.1) is 17.8 Å². The Morgan fingerprint density at radius 1 is 1.12 bits per heavy atom. The van der Waals surface area contributed by atoms with Gasteiger partial charge in [-0.1, -0.05) is 19.3 Å². The second-order valence-corrected chi connectivity index (χ2v) is 5.89. The zero-order chi connectivity index (χ0) is 11.0. The molecule has 1 N–H and O–H groups in total. The predicted molar refractivity (Wildman–Crippen MR) is 62.4 cm³/mol. The van der Waals surface area contributed by atoms with Gasteiger partial charge in [0.1, 0.15) is 0 Å². The van der Waals surface area contributed by atoms with E-state index in [-0.39, 0.29) is 11.7 Å². The Balaban J connectivity index is 1.48. The van der Waals surface area contributed by atoms with E-state index in [1.54, 1.807) is 0 Å². The van der Waals surface area contributed by atoms with Crippen LogP contribution in [0.4, 0.5) is 0 Å². The lowest BCUT2D eigenvalue weighted by Gasteiger charge is -2.38. The molecule has 1 atom stereocenters. The van der Waals surface area contributed by atoms with Crippen molar-refractivity contribution in [1.82, 2.24) is 4.90 Å². The van der Waals surface area contributed by atoms with Gasteiger partial charge in [0.25, 0.3) is 0 Å². The third kappa shape index (κ3) is 2.13. The highest BCUT2D eigenvalue weighted by molar-refractivity contribution is 4.93. The van der Waals surface area contributed by atoms with Crippen LogP contribution in [0.2, 0.25) is 0 Å². The molecule has 0 bridgehead atoms. The number of likely N-dealkylation sites (tertiary alicyclic amines) is 1. The smallest absolute Gasteiger partial charge is 0.0793 e. The maximum Gasteiger partial charge on any atom is 0.0793 e. The Labute approximate surface area is 97.8 Å². The van der Waals surface area contributed by atoms with Gasteiger partial charge in [-0.3, -0.25) is 4.90 Å². The summed E-state index contributed by atoms with van der Waals surface area (Å²) in [4.78, 5) is 2.32. The van der Waals surface area contributed by atoms with Crippen molar-refractivity contribution >= 4 is 0 Å². The monoisotopic (exact) mass is 225 g/mol. The van der Waals surface area contributed by atoms with E-state index in [1.807, 2.05) is 0 Å². The molecule has 0 aromatic rings. The highest BCUT2D eigenvalue weighted by atomic mass is 16.5. The van der Waals surface area contributed by atoms with E-state index >= 15 is 0 Å². The number of ether oxygens (including phenoxy) is 1. The predicted octanol–water partition coefficient (Wildman–Crippen LogP) is 1.54. The van der Waals surface area contributed by atoms with Crippen molar-refractivity contribution in [2.75, 3.05) is 19.6 Å². The zero-order valence-electron chi connectivity index (χ0n) is 10.0. The van der Waals surface area contributed by atoms with Gasteiger partial charge in [-0.15, -0.1) is 0 Å². The molecule has 2 saturated heterocycles. The highest BCUT2D eigenvalue weighted by Gasteiger charge is 2.41. The van der Waals surface area contributed by atoms with Gasteiger partial charge in [-0.25, -0.2) is 0 Å². The maximum atomic E-state index is 9.25. The fourth-order valence-electron chi connectivity index (χ4n) is 3.57. The van der Waals surface area contributed by atoms with Crippen LogP contribution in [0.25, 0.3) is 0 Å². The molecular formula is C13H23NO2. The van der Waals surface area contributed by atoms with Crippen molar-refractivity contribution in [2.45, 2.75) is 62.8 Å². The summed E-state index contributed by atoms with van der Waals surface area (Å²) in [5, 5.41) is 9.25. The van der Waals surface area contributed by atoms with Crippen LogP contribution in [-0.4, -0.2) is 47.4 Å². The fraction of sp³-hybridized carbons (Fsp3) is 1.00. The maximum absolute atomic E-state index is 9.25. The van der Waals surface area contributed by atoms with Gasteiger partial charge >= 0.3 is 0 Å². The molecule has 2 aliphatic heterocycles. The van der Waals surface area contributed by atoms with Crippen molar-refractivity contribution in [2.24, 2.45) is 0 Å². The first-order chi connectivity index (χ1) is 7.76. The van der Waals surface area contributed by atoms with Gasteiger partial charge in [-0.05, 0) is 25.7 Å². The second-order valence-electron chi connectivity index (χ2n) is 5.89. The number of hydrogen-bond acceptors (Lipinski definition) is 3. The second kappa shape index (κ2) is 4.28. The first-order valence-corrected chi connectivity index (χ1v) is 6.84. The average molecular weight is 225 g/mol. The molecule has 2 heterocycles. The van der Waals surface area contributed by atoms with E-state index in [2.05, 4.69) is 4.90 Å². The van der Waals surface area contributed by atoms with Crippen LogP contribution in [0.15, 0.2) is 0 Å². The standard InChI is InChI=1S/C13H23NO2/c15-11-8-14(9-11)10-12-4-7-13(16-12)5-2-1-3-6-13/h11-12,15H,1-10H2. The zero-order valence-corrected chi connectivity index (χ0v) is 10.0. The molecule has 1 aliphatic carbocycles. The van der Waals surface area contributed by atoms with E-state index in [0.717, 1.165) is 19.6 Å². The first-order valence-electron chi connectivity index (χ1n) is 6.84. The van der Waals surface area contributed by atoms with Crippen LogP contribution >= 0.6 is 0 Å². The highest BCUT2D eigenvalue weighted by Crippen LogP contribution is 2.42. The molecule has 1 unspecified atom stereocenters. The lowest BCUT2D eigenvalue weighted by molar-refractivity contribution is -0.0887. The summed E-state index contributed by atoms with van der Waals surface area (Å²) in [6.45, 7) is 2.75. The molecule has 0 amide bonds. The van der Waals surface area contributed by atoms with Gasteiger partial charge in [0.15, 0.2) is 0 Å². The molecule has 3 nitrogen and oxygen atoms in total. The van der Waals surface area contributed by atoms with E-state index < -0.39 is 0 Å². The number of nitrogens with zero attached hydrogens (tertiary/aromatic N) is 1. The van der Waals surface area contributed by atoms with E-state index in [0.29, 0.717) is 6.10 Å². The third-order valence-electron chi connectivity index (χ3n) is 4.50. The minimum Gasteiger partial charge on any atom is -0.390 e.